The predicted molar refractivity (Wildman–Crippen MR) is 54.6 cm³/mol. The van der Waals surface area contributed by atoms with Crippen LogP contribution >= 0.6 is 23.2 Å². The number of hydrogen-bond acceptors (Lipinski definition) is 1. The second-order valence-electron chi connectivity index (χ2n) is 2.65. The van der Waals surface area contributed by atoms with E-state index < -0.39 is 0 Å². The van der Waals surface area contributed by atoms with E-state index in [2.05, 4.69) is 4.98 Å². The molecule has 0 saturated carbocycles. The van der Waals surface area contributed by atoms with Crippen LogP contribution in [-0.2, 0) is 0 Å². The molecule has 0 atom stereocenters. The van der Waals surface area contributed by atoms with Crippen molar-refractivity contribution < 1.29 is 0 Å². The summed E-state index contributed by atoms with van der Waals surface area (Å²) in [6, 6.07) is 6.92. The number of nitrogens with one attached hydrogen (secondary N) is 1. The Kier molecular flexibility index (Phi) is 2.02. The molecule has 1 aromatic heterocycles. The number of hydrogen-bond donors (Lipinski definition) is 1. The number of fused-ring (bicyclic) bond motifs is 1. The van der Waals surface area contributed by atoms with Crippen molar-refractivity contribution in [3.8, 4) is 0 Å². The molecule has 13 heavy (non-hydrogen) atoms. The van der Waals surface area contributed by atoms with Crippen molar-refractivity contribution in [1.82, 2.24) is 4.98 Å². The molecule has 0 unspecified atom stereocenters. The quantitative estimate of drug-likeness (QED) is 0.672. The largest absolute Gasteiger partial charge is 0.312 e. The summed E-state index contributed by atoms with van der Waals surface area (Å²) < 4.78 is 0. The van der Waals surface area contributed by atoms with E-state index in [-0.39, 0.29) is 5.56 Å². The smallest absolute Gasteiger partial charge is 0.258 e. The Morgan fingerprint density at radius 3 is 2.77 bits per heavy atom. The molecule has 0 bridgehead atoms. The topological polar surface area (TPSA) is 32.9 Å². The Labute approximate surface area is 84.1 Å². The van der Waals surface area contributed by atoms with Gasteiger partial charge in [0.25, 0.3) is 5.56 Å². The fraction of sp³-hybridized carbons (Fsp3) is 0. The minimum Gasteiger partial charge on any atom is -0.312 e. The fourth-order valence-electron chi connectivity index (χ4n) is 1.24. The van der Waals surface area contributed by atoms with Crippen LogP contribution < -0.4 is 5.56 Å². The Morgan fingerprint density at radius 2 is 2.00 bits per heavy atom. The highest BCUT2D eigenvalue weighted by atomic mass is 35.5. The first kappa shape index (κ1) is 8.60. The molecule has 2 nitrogen and oxygen atoms in total. The summed E-state index contributed by atoms with van der Waals surface area (Å²) in [5.41, 5.74) is -0.256. The van der Waals surface area contributed by atoms with Crippen LogP contribution in [0.15, 0.2) is 29.1 Å². The van der Waals surface area contributed by atoms with Gasteiger partial charge in [-0.15, -0.1) is 0 Å². The van der Waals surface area contributed by atoms with Gasteiger partial charge in [0.15, 0.2) is 0 Å². The lowest BCUT2D eigenvalue weighted by molar-refractivity contribution is 1.28. The molecule has 0 aliphatic heterocycles. The van der Waals surface area contributed by atoms with Gasteiger partial charge in [-0.3, -0.25) is 4.79 Å². The maximum Gasteiger partial charge on any atom is 0.258 e. The number of benzene rings is 1. The standard InChI is InChI=1S/C9H5Cl2NO/c10-6-3-1-2-5-4-7(11)12-9(13)8(5)6/h1-4H,(H,12,13). The molecule has 0 aliphatic carbocycles. The van der Waals surface area contributed by atoms with Gasteiger partial charge in [0, 0.05) is 0 Å². The van der Waals surface area contributed by atoms with Crippen molar-refractivity contribution in [3.63, 3.8) is 0 Å². The van der Waals surface area contributed by atoms with Gasteiger partial charge in [-0.05, 0) is 17.5 Å². The number of halogens is 2. The minimum atomic E-state index is -0.256. The maximum atomic E-state index is 11.4. The van der Waals surface area contributed by atoms with Crippen molar-refractivity contribution in [1.29, 1.82) is 0 Å². The number of aromatic nitrogens is 1. The van der Waals surface area contributed by atoms with Crippen LogP contribution in [0.4, 0.5) is 0 Å². The molecule has 4 heteroatoms. The summed E-state index contributed by atoms with van der Waals surface area (Å²) in [6.45, 7) is 0. The van der Waals surface area contributed by atoms with Crippen LogP contribution in [0.1, 0.15) is 0 Å². The molecule has 66 valence electrons. The molecule has 2 rings (SSSR count). The first-order chi connectivity index (χ1) is 6.18. The second kappa shape index (κ2) is 3.05. The number of H-pyrrole nitrogens is 1. The minimum absolute atomic E-state index is 0.256. The third kappa shape index (κ3) is 1.43. The van der Waals surface area contributed by atoms with Crippen molar-refractivity contribution in [2.75, 3.05) is 0 Å². The molecule has 0 saturated heterocycles. The van der Waals surface area contributed by atoms with Gasteiger partial charge in [-0.1, -0.05) is 35.3 Å². The van der Waals surface area contributed by atoms with Gasteiger partial charge in [-0.25, -0.2) is 0 Å². The molecule has 1 N–H and O–H groups in total. The lowest BCUT2D eigenvalue weighted by atomic mass is 10.2. The molecule has 0 aliphatic rings. The van der Waals surface area contributed by atoms with E-state index in [9.17, 15) is 4.79 Å². The van der Waals surface area contributed by atoms with Gasteiger partial charge >= 0.3 is 0 Å². The monoisotopic (exact) mass is 213 g/mol. The Hall–Kier alpha value is -0.990. The zero-order valence-corrected chi connectivity index (χ0v) is 7.99. The van der Waals surface area contributed by atoms with Crippen molar-refractivity contribution >= 4 is 34.0 Å². The maximum absolute atomic E-state index is 11.4. The summed E-state index contributed by atoms with van der Waals surface area (Å²) in [5.74, 6) is 0. The number of rotatable bonds is 0. The van der Waals surface area contributed by atoms with Crippen LogP contribution in [-0.4, -0.2) is 4.98 Å². The number of pyridine rings is 1. The highest BCUT2D eigenvalue weighted by molar-refractivity contribution is 6.36. The third-order valence-electron chi connectivity index (χ3n) is 1.79. The Bertz CT molecular complexity index is 518. The van der Waals surface area contributed by atoms with Gasteiger partial charge in [0.05, 0.1) is 10.4 Å². The van der Waals surface area contributed by atoms with E-state index in [0.717, 1.165) is 5.39 Å². The lowest BCUT2D eigenvalue weighted by Crippen LogP contribution is -2.05. The first-order valence-electron chi connectivity index (χ1n) is 3.65. The van der Waals surface area contributed by atoms with Crippen molar-refractivity contribution in [3.05, 3.63) is 44.8 Å². The molecule has 0 spiro atoms. The summed E-state index contributed by atoms with van der Waals surface area (Å²) in [5, 5.41) is 1.99. The van der Waals surface area contributed by atoms with Crippen LogP contribution in [0.5, 0.6) is 0 Å². The average molecular weight is 214 g/mol. The first-order valence-corrected chi connectivity index (χ1v) is 4.41. The molecule has 0 radical (unpaired) electrons. The molecule has 0 amide bonds. The van der Waals surface area contributed by atoms with E-state index in [1.807, 2.05) is 0 Å². The molecule has 2 aromatic rings. The van der Waals surface area contributed by atoms with Crippen LogP contribution in [0.25, 0.3) is 10.8 Å². The predicted octanol–water partition coefficient (Wildman–Crippen LogP) is 2.83. The second-order valence-corrected chi connectivity index (χ2v) is 3.46. The van der Waals surface area contributed by atoms with Gasteiger partial charge in [0.1, 0.15) is 5.15 Å². The Morgan fingerprint density at radius 1 is 1.23 bits per heavy atom. The van der Waals surface area contributed by atoms with E-state index in [0.29, 0.717) is 15.6 Å². The lowest BCUT2D eigenvalue weighted by Gasteiger charge is -1.98. The zero-order valence-electron chi connectivity index (χ0n) is 6.47. The van der Waals surface area contributed by atoms with E-state index in [4.69, 9.17) is 23.2 Å². The van der Waals surface area contributed by atoms with E-state index >= 15 is 0 Å². The molecule has 0 fully saturated rings. The van der Waals surface area contributed by atoms with Gasteiger partial charge in [-0.2, -0.15) is 0 Å². The highest BCUT2D eigenvalue weighted by Crippen LogP contribution is 2.20. The van der Waals surface area contributed by atoms with Gasteiger partial charge in [0.2, 0.25) is 0 Å². The normalized spacial score (nSPS) is 10.6. The van der Waals surface area contributed by atoms with Gasteiger partial charge < -0.3 is 4.98 Å². The number of aromatic amines is 1. The Balaban J connectivity index is 3.03. The van der Waals surface area contributed by atoms with Crippen molar-refractivity contribution in [2.45, 2.75) is 0 Å². The fourth-order valence-corrected chi connectivity index (χ4v) is 1.72. The van der Waals surface area contributed by atoms with Crippen LogP contribution in [0.2, 0.25) is 10.2 Å². The van der Waals surface area contributed by atoms with E-state index in [1.165, 1.54) is 0 Å². The van der Waals surface area contributed by atoms with Crippen LogP contribution in [0.3, 0.4) is 0 Å². The average Bonchev–Trinajstić information content (AvgIpc) is 2.02. The van der Waals surface area contributed by atoms with Crippen molar-refractivity contribution in [2.24, 2.45) is 0 Å². The summed E-state index contributed by atoms with van der Waals surface area (Å²) >= 11 is 11.5. The summed E-state index contributed by atoms with van der Waals surface area (Å²) in [7, 11) is 0. The zero-order chi connectivity index (χ0) is 9.42. The molecular formula is C9H5Cl2NO. The third-order valence-corrected chi connectivity index (χ3v) is 2.31. The molecule has 1 aromatic carbocycles. The van der Waals surface area contributed by atoms with E-state index in [1.54, 1.807) is 24.3 Å². The molecular weight excluding hydrogens is 209 g/mol. The summed E-state index contributed by atoms with van der Waals surface area (Å²) in [6.07, 6.45) is 0. The summed E-state index contributed by atoms with van der Waals surface area (Å²) in [4.78, 5) is 13.9. The van der Waals surface area contributed by atoms with Crippen LogP contribution in [0, 0.1) is 0 Å². The molecule has 1 heterocycles. The SMILES string of the molecule is O=c1[nH]c(Cl)cc2cccc(Cl)c12. The highest BCUT2D eigenvalue weighted by Gasteiger charge is 2.03.